The van der Waals surface area contributed by atoms with E-state index in [0.717, 1.165) is 5.69 Å². The molecule has 0 radical (unpaired) electrons. The van der Waals surface area contributed by atoms with Crippen LogP contribution in [0.25, 0.3) is 0 Å². The van der Waals surface area contributed by atoms with Crippen molar-refractivity contribution in [3.63, 3.8) is 0 Å². The number of carbonyl (C=O) groups is 1. The van der Waals surface area contributed by atoms with Crippen molar-refractivity contribution in [1.82, 2.24) is 5.32 Å². The first-order valence-electron chi connectivity index (χ1n) is 6.66. The van der Waals surface area contributed by atoms with Crippen LogP contribution in [0.4, 0.5) is 10.5 Å². The molecule has 0 bridgehead atoms. The summed E-state index contributed by atoms with van der Waals surface area (Å²) in [6, 6.07) is 8.90. The number of rotatable bonds is 3. The van der Waals surface area contributed by atoms with E-state index in [9.17, 15) is 4.79 Å². The van der Waals surface area contributed by atoms with E-state index in [0.29, 0.717) is 13.2 Å². The second-order valence-corrected chi connectivity index (χ2v) is 4.94. The number of nitrogens with one attached hydrogen (secondary N) is 2. The maximum Gasteiger partial charge on any atom is 0.319 e. The SMILES string of the molecule is COC1COC2C(NC(=O)Nc3ccccc3)COC12. The average molecular weight is 278 g/mol. The summed E-state index contributed by atoms with van der Waals surface area (Å²) in [6.45, 7) is 0.946. The quantitative estimate of drug-likeness (QED) is 0.865. The molecule has 1 aromatic rings. The van der Waals surface area contributed by atoms with E-state index in [1.165, 1.54) is 0 Å². The highest BCUT2D eigenvalue weighted by Gasteiger charge is 2.48. The van der Waals surface area contributed by atoms with Crippen molar-refractivity contribution >= 4 is 11.7 Å². The van der Waals surface area contributed by atoms with Crippen LogP contribution in [0.5, 0.6) is 0 Å². The molecule has 2 fully saturated rings. The van der Waals surface area contributed by atoms with Crippen molar-refractivity contribution in [3.05, 3.63) is 30.3 Å². The molecule has 2 aliphatic heterocycles. The van der Waals surface area contributed by atoms with Gasteiger partial charge in [0.1, 0.15) is 18.3 Å². The van der Waals surface area contributed by atoms with Gasteiger partial charge in [-0.05, 0) is 12.1 Å². The summed E-state index contributed by atoms with van der Waals surface area (Å²) < 4.78 is 16.6. The zero-order chi connectivity index (χ0) is 13.9. The number of hydrogen-bond acceptors (Lipinski definition) is 4. The van der Waals surface area contributed by atoms with Crippen LogP contribution in [0, 0.1) is 0 Å². The molecule has 4 unspecified atom stereocenters. The average Bonchev–Trinajstić information content (AvgIpc) is 3.02. The lowest BCUT2D eigenvalue weighted by Crippen LogP contribution is -2.46. The molecule has 0 aliphatic carbocycles. The van der Waals surface area contributed by atoms with Gasteiger partial charge in [-0.1, -0.05) is 18.2 Å². The molecule has 20 heavy (non-hydrogen) atoms. The molecule has 2 aliphatic rings. The molecule has 2 heterocycles. The molecule has 1 aromatic carbocycles. The van der Waals surface area contributed by atoms with Crippen LogP contribution in [0.2, 0.25) is 0 Å². The Hall–Kier alpha value is -1.63. The minimum atomic E-state index is -0.255. The Morgan fingerprint density at radius 2 is 1.95 bits per heavy atom. The van der Waals surface area contributed by atoms with Crippen molar-refractivity contribution < 1.29 is 19.0 Å². The Bertz CT molecular complexity index is 468. The van der Waals surface area contributed by atoms with Crippen molar-refractivity contribution in [3.8, 4) is 0 Å². The highest BCUT2D eigenvalue weighted by atomic mass is 16.6. The largest absolute Gasteiger partial charge is 0.376 e. The molecule has 2 N–H and O–H groups in total. The van der Waals surface area contributed by atoms with Crippen molar-refractivity contribution in [2.24, 2.45) is 0 Å². The Morgan fingerprint density at radius 3 is 2.70 bits per heavy atom. The Labute approximate surface area is 117 Å². The van der Waals surface area contributed by atoms with E-state index in [1.54, 1.807) is 7.11 Å². The van der Waals surface area contributed by atoms with Gasteiger partial charge < -0.3 is 24.8 Å². The fourth-order valence-corrected chi connectivity index (χ4v) is 2.65. The molecule has 4 atom stereocenters. The van der Waals surface area contributed by atoms with E-state index in [1.807, 2.05) is 30.3 Å². The van der Waals surface area contributed by atoms with Crippen LogP contribution >= 0.6 is 0 Å². The molecular weight excluding hydrogens is 260 g/mol. The lowest BCUT2D eigenvalue weighted by Gasteiger charge is -2.18. The van der Waals surface area contributed by atoms with E-state index in [-0.39, 0.29) is 30.4 Å². The fraction of sp³-hybridized carbons (Fsp3) is 0.500. The van der Waals surface area contributed by atoms with E-state index >= 15 is 0 Å². The number of anilines is 1. The third-order valence-corrected chi connectivity index (χ3v) is 3.66. The lowest BCUT2D eigenvalue weighted by atomic mass is 10.1. The standard InChI is InChI=1S/C14H18N2O4/c1-18-11-8-20-12-10(7-19-13(11)12)16-14(17)15-9-5-3-2-4-6-9/h2-6,10-13H,7-8H2,1H3,(H2,15,16,17). The summed E-state index contributed by atoms with van der Waals surface area (Å²) in [5.41, 5.74) is 0.752. The molecule has 0 spiro atoms. The molecular formula is C14H18N2O4. The summed E-state index contributed by atoms with van der Waals surface area (Å²) in [6.07, 6.45) is -0.285. The third kappa shape index (κ3) is 2.63. The number of methoxy groups -OCH3 is 1. The Kier molecular flexibility index (Phi) is 3.86. The molecule has 3 rings (SSSR count). The van der Waals surface area contributed by atoms with Crippen LogP contribution in [0.3, 0.4) is 0 Å². The minimum Gasteiger partial charge on any atom is -0.376 e. The Morgan fingerprint density at radius 1 is 1.20 bits per heavy atom. The summed E-state index contributed by atoms with van der Waals surface area (Å²) in [5, 5.41) is 5.67. The van der Waals surface area contributed by atoms with Crippen molar-refractivity contribution in [2.75, 3.05) is 25.6 Å². The number of amides is 2. The van der Waals surface area contributed by atoms with Gasteiger partial charge in [-0.25, -0.2) is 4.79 Å². The number of ether oxygens (including phenoxy) is 3. The van der Waals surface area contributed by atoms with Gasteiger partial charge in [-0.2, -0.15) is 0 Å². The molecule has 108 valence electrons. The van der Waals surface area contributed by atoms with Crippen LogP contribution in [-0.2, 0) is 14.2 Å². The number of hydrogen-bond donors (Lipinski definition) is 2. The van der Waals surface area contributed by atoms with E-state index in [4.69, 9.17) is 14.2 Å². The maximum absolute atomic E-state index is 11.9. The van der Waals surface area contributed by atoms with Crippen LogP contribution in [0.1, 0.15) is 0 Å². The van der Waals surface area contributed by atoms with E-state index < -0.39 is 0 Å². The lowest BCUT2D eigenvalue weighted by molar-refractivity contribution is -0.00805. The molecule has 0 saturated carbocycles. The van der Waals surface area contributed by atoms with Gasteiger partial charge >= 0.3 is 6.03 Å². The maximum atomic E-state index is 11.9. The van der Waals surface area contributed by atoms with Gasteiger partial charge in [0, 0.05) is 12.8 Å². The molecule has 6 heteroatoms. The van der Waals surface area contributed by atoms with Crippen LogP contribution in [-0.4, -0.2) is 50.7 Å². The van der Waals surface area contributed by atoms with Crippen molar-refractivity contribution in [2.45, 2.75) is 24.4 Å². The second-order valence-electron chi connectivity index (χ2n) is 4.94. The highest BCUT2D eigenvalue weighted by Crippen LogP contribution is 2.28. The first kappa shape index (κ1) is 13.4. The van der Waals surface area contributed by atoms with Gasteiger partial charge in [-0.15, -0.1) is 0 Å². The highest BCUT2D eigenvalue weighted by molar-refractivity contribution is 5.89. The number of fused-ring (bicyclic) bond motifs is 1. The summed E-state index contributed by atoms with van der Waals surface area (Å²) in [5.74, 6) is 0. The van der Waals surface area contributed by atoms with Crippen LogP contribution in [0.15, 0.2) is 30.3 Å². The molecule has 6 nitrogen and oxygen atoms in total. The first-order chi connectivity index (χ1) is 9.78. The Balaban J connectivity index is 1.55. The molecule has 2 saturated heterocycles. The minimum absolute atomic E-state index is 0.0519. The zero-order valence-electron chi connectivity index (χ0n) is 11.2. The number of carbonyl (C=O) groups excluding carboxylic acids is 1. The molecule has 2 amide bonds. The van der Waals surface area contributed by atoms with Gasteiger partial charge in [0.2, 0.25) is 0 Å². The van der Waals surface area contributed by atoms with Gasteiger partial charge in [-0.3, -0.25) is 0 Å². The third-order valence-electron chi connectivity index (χ3n) is 3.66. The number of urea groups is 1. The van der Waals surface area contributed by atoms with Gasteiger partial charge in [0.15, 0.2) is 0 Å². The first-order valence-corrected chi connectivity index (χ1v) is 6.66. The predicted octanol–water partition coefficient (Wildman–Crippen LogP) is 0.989. The van der Waals surface area contributed by atoms with Crippen LogP contribution < -0.4 is 10.6 Å². The summed E-state index contributed by atoms with van der Waals surface area (Å²) in [7, 11) is 1.64. The zero-order valence-corrected chi connectivity index (χ0v) is 11.2. The van der Waals surface area contributed by atoms with Gasteiger partial charge in [0.05, 0.1) is 19.3 Å². The topological polar surface area (TPSA) is 68.8 Å². The van der Waals surface area contributed by atoms with Gasteiger partial charge in [0.25, 0.3) is 0 Å². The van der Waals surface area contributed by atoms with Crippen molar-refractivity contribution in [1.29, 1.82) is 0 Å². The summed E-state index contributed by atoms with van der Waals surface area (Å²) >= 11 is 0. The monoisotopic (exact) mass is 278 g/mol. The number of benzene rings is 1. The molecule has 0 aromatic heterocycles. The predicted molar refractivity (Wildman–Crippen MR) is 72.7 cm³/mol. The summed E-state index contributed by atoms with van der Waals surface area (Å²) in [4.78, 5) is 11.9. The number of para-hydroxylation sites is 1. The van der Waals surface area contributed by atoms with E-state index in [2.05, 4.69) is 10.6 Å². The normalized spacial score (nSPS) is 31.9. The fourth-order valence-electron chi connectivity index (χ4n) is 2.65. The second kappa shape index (κ2) is 5.78. The smallest absolute Gasteiger partial charge is 0.319 e.